The van der Waals surface area contributed by atoms with Crippen molar-refractivity contribution in [2.75, 3.05) is 0 Å². The Hall–Kier alpha value is -1.61. The average molecular weight is 216 g/mol. The molecule has 0 atom stereocenters. The largest absolute Gasteiger partial charge is 0.390 e. The standard InChI is InChI=1S/C13H16N2O/c16-10-12-9-14-13(15-12)8-4-7-11-5-2-1-3-6-11/h1-3,5-6,9,16H,4,7-8,10H2,(H,14,15). The number of aliphatic hydroxyl groups excluding tert-OH is 1. The smallest absolute Gasteiger partial charge is 0.106 e. The van der Waals surface area contributed by atoms with Crippen molar-refractivity contribution >= 4 is 0 Å². The van der Waals surface area contributed by atoms with E-state index in [1.165, 1.54) is 5.56 Å². The molecule has 3 heteroatoms. The van der Waals surface area contributed by atoms with Crippen LogP contribution in [0.2, 0.25) is 0 Å². The van der Waals surface area contributed by atoms with Crippen molar-refractivity contribution < 1.29 is 5.11 Å². The molecule has 0 aliphatic carbocycles. The molecule has 16 heavy (non-hydrogen) atoms. The van der Waals surface area contributed by atoms with Crippen LogP contribution in [0.15, 0.2) is 36.5 Å². The molecule has 3 nitrogen and oxygen atoms in total. The number of H-pyrrole nitrogens is 1. The summed E-state index contributed by atoms with van der Waals surface area (Å²) in [6.45, 7) is 0.0334. The number of aryl methyl sites for hydroxylation is 2. The third-order valence-corrected chi connectivity index (χ3v) is 2.57. The molecule has 0 radical (unpaired) electrons. The zero-order valence-electron chi connectivity index (χ0n) is 9.19. The van der Waals surface area contributed by atoms with E-state index < -0.39 is 0 Å². The van der Waals surface area contributed by atoms with Crippen molar-refractivity contribution in [3.8, 4) is 0 Å². The zero-order valence-corrected chi connectivity index (χ0v) is 9.19. The molecular weight excluding hydrogens is 200 g/mol. The minimum absolute atomic E-state index is 0.0334. The van der Waals surface area contributed by atoms with Crippen LogP contribution < -0.4 is 0 Å². The Kier molecular flexibility index (Phi) is 3.72. The second-order valence-electron chi connectivity index (χ2n) is 3.85. The number of nitrogens with zero attached hydrogens (tertiary/aromatic N) is 1. The molecule has 1 aromatic heterocycles. The highest BCUT2D eigenvalue weighted by Gasteiger charge is 1.99. The lowest BCUT2D eigenvalue weighted by Crippen LogP contribution is -1.92. The Morgan fingerprint density at radius 1 is 1.12 bits per heavy atom. The van der Waals surface area contributed by atoms with Gasteiger partial charge in [-0.2, -0.15) is 0 Å². The summed E-state index contributed by atoms with van der Waals surface area (Å²) in [5.74, 6) is 0.958. The van der Waals surface area contributed by atoms with Crippen LogP contribution in [-0.4, -0.2) is 15.1 Å². The van der Waals surface area contributed by atoms with Crippen molar-refractivity contribution in [1.82, 2.24) is 9.97 Å². The molecule has 1 heterocycles. The SMILES string of the molecule is OCc1cnc(CCCc2ccccc2)[nH]1. The molecule has 0 bridgehead atoms. The summed E-state index contributed by atoms with van der Waals surface area (Å²) >= 11 is 0. The van der Waals surface area contributed by atoms with E-state index in [0.717, 1.165) is 30.8 Å². The molecule has 0 aliphatic heterocycles. The van der Waals surface area contributed by atoms with E-state index in [1.54, 1.807) is 6.20 Å². The maximum Gasteiger partial charge on any atom is 0.106 e. The Labute approximate surface area is 95.2 Å². The van der Waals surface area contributed by atoms with E-state index in [9.17, 15) is 0 Å². The average Bonchev–Trinajstić information content (AvgIpc) is 2.78. The van der Waals surface area contributed by atoms with Gasteiger partial charge < -0.3 is 10.1 Å². The molecule has 2 rings (SSSR count). The second kappa shape index (κ2) is 5.47. The number of imidazole rings is 1. The first-order chi connectivity index (χ1) is 7.88. The fourth-order valence-corrected chi connectivity index (χ4v) is 1.72. The zero-order chi connectivity index (χ0) is 11.2. The quantitative estimate of drug-likeness (QED) is 0.804. The van der Waals surface area contributed by atoms with Crippen LogP contribution in [-0.2, 0) is 19.4 Å². The van der Waals surface area contributed by atoms with E-state index in [4.69, 9.17) is 5.11 Å². The number of aromatic nitrogens is 2. The van der Waals surface area contributed by atoms with Gasteiger partial charge in [0.2, 0.25) is 0 Å². The molecule has 84 valence electrons. The third-order valence-electron chi connectivity index (χ3n) is 2.57. The van der Waals surface area contributed by atoms with E-state index in [-0.39, 0.29) is 6.61 Å². The molecule has 0 aliphatic rings. The summed E-state index contributed by atoms with van der Waals surface area (Å²) in [5.41, 5.74) is 2.14. The minimum atomic E-state index is 0.0334. The van der Waals surface area contributed by atoms with Gasteiger partial charge in [0, 0.05) is 6.42 Å². The fourth-order valence-electron chi connectivity index (χ4n) is 1.72. The molecule has 0 unspecified atom stereocenters. The summed E-state index contributed by atoms with van der Waals surface area (Å²) in [6.07, 6.45) is 4.76. The number of rotatable bonds is 5. The van der Waals surface area contributed by atoms with Crippen molar-refractivity contribution in [2.24, 2.45) is 0 Å². The van der Waals surface area contributed by atoms with E-state index in [2.05, 4.69) is 34.2 Å². The topological polar surface area (TPSA) is 48.9 Å². The van der Waals surface area contributed by atoms with Crippen molar-refractivity contribution in [3.05, 3.63) is 53.6 Å². The first-order valence-corrected chi connectivity index (χ1v) is 5.56. The number of aliphatic hydroxyl groups is 1. The molecule has 2 aromatic rings. The number of aromatic amines is 1. The van der Waals surface area contributed by atoms with Crippen LogP contribution in [0, 0.1) is 0 Å². The summed E-state index contributed by atoms with van der Waals surface area (Å²) in [4.78, 5) is 7.29. The van der Waals surface area contributed by atoms with Crippen LogP contribution in [0.25, 0.3) is 0 Å². The highest BCUT2D eigenvalue weighted by atomic mass is 16.3. The summed E-state index contributed by atoms with van der Waals surface area (Å²) in [7, 11) is 0. The number of nitrogens with one attached hydrogen (secondary N) is 1. The predicted molar refractivity (Wildman–Crippen MR) is 63.0 cm³/mol. The second-order valence-corrected chi connectivity index (χ2v) is 3.85. The minimum Gasteiger partial charge on any atom is -0.390 e. The Balaban J connectivity index is 1.80. The lowest BCUT2D eigenvalue weighted by molar-refractivity contribution is 0.277. The normalized spacial score (nSPS) is 10.6. The maximum absolute atomic E-state index is 8.88. The fraction of sp³-hybridized carbons (Fsp3) is 0.308. The first-order valence-electron chi connectivity index (χ1n) is 5.56. The first kappa shape index (κ1) is 10.9. The summed E-state index contributed by atoms with van der Waals surface area (Å²) < 4.78 is 0. The van der Waals surface area contributed by atoms with Gasteiger partial charge in [0.1, 0.15) is 5.82 Å². The van der Waals surface area contributed by atoms with Gasteiger partial charge in [0.25, 0.3) is 0 Å². The maximum atomic E-state index is 8.88. The van der Waals surface area contributed by atoms with Crippen molar-refractivity contribution in [3.63, 3.8) is 0 Å². The van der Waals surface area contributed by atoms with Gasteiger partial charge in [-0.25, -0.2) is 4.98 Å². The van der Waals surface area contributed by atoms with Crippen LogP contribution in [0.3, 0.4) is 0 Å². The summed E-state index contributed by atoms with van der Waals surface area (Å²) in [6, 6.07) is 10.4. The van der Waals surface area contributed by atoms with Gasteiger partial charge in [-0.05, 0) is 18.4 Å². The van der Waals surface area contributed by atoms with E-state index in [0.29, 0.717) is 0 Å². The van der Waals surface area contributed by atoms with Crippen LogP contribution in [0.1, 0.15) is 23.5 Å². The van der Waals surface area contributed by atoms with Gasteiger partial charge in [0.05, 0.1) is 18.5 Å². The van der Waals surface area contributed by atoms with Crippen LogP contribution in [0.5, 0.6) is 0 Å². The van der Waals surface area contributed by atoms with Crippen molar-refractivity contribution in [1.29, 1.82) is 0 Å². The number of benzene rings is 1. The van der Waals surface area contributed by atoms with Gasteiger partial charge >= 0.3 is 0 Å². The molecule has 2 N–H and O–H groups in total. The molecule has 0 amide bonds. The molecule has 1 aromatic carbocycles. The lowest BCUT2D eigenvalue weighted by Gasteiger charge is -1.99. The predicted octanol–water partition coefficient (Wildman–Crippen LogP) is 2.08. The van der Waals surface area contributed by atoms with Gasteiger partial charge in [0.15, 0.2) is 0 Å². The van der Waals surface area contributed by atoms with Crippen molar-refractivity contribution in [2.45, 2.75) is 25.9 Å². The number of hydrogen-bond acceptors (Lipinski definition) is 2. The van der Waals surface area contributed by atoms with Gasteiger partial charge in [-0.1, -0.05) is 30.3 Å². The van der Waals surface area contributed by atoms with Gasteiger partial charge in [-0.15, -0.1) is 0 Å². The van der Waals surface area contributed by atoms with Gasteiger partial charge in [-0.3, -0.25) is 0 Å². The lowest BCUT2D eigenvalue weighted by atomic mass is 10.1. The third kappa shape index (κ3) is 2.94. The monoisotopic (exact) mass is 216 g/mol. The molecular formula is C13H16N2O. The molecule has 0 spiro atoms. The Morgan fingerprint density at radius 3 is 2.62 bits per heavy atom. The number of hydrogen-bond donors (Lipinski definition) is 2. The van der Waals surface area contributed by atoms with E-state index >= 15 is 0 Å². The van der Waals surface area contributed by atoms with Crippen LogP contribution in [0.4, 0.5) is 0 Å². The Morgan fingerprint density at radius 2 is 1.94 bits per heavy atom. The molecule has 0 saturated heterocycles. The Bertz CT molecular complexity index is 423. The molecule has 0 fully saturated rings. The molecule has 0 saturated carbocycles. The highest BCUT2D eigenvalue weighted by Crippen LogP contribution is 2.06. The highest BCUT2D eigenvalue weighted by molar-refractivity contribution is 5.14. The summed E-state index contributed by atoms with van der Waals surface area (Å²) in [5, 5.41) is 8.88. The van der Waals surface area contributed by atoms with Crippen LogP contribution >= 0.6 is 0 Å². The van der Waals surface area contributed by atoms with E-state index in [1.807, 2.05) is 6.07 Å².